The van der Waals surface area contributed by atoms with Gasteiger partial charge in [0.2, 0.25) is 0 Å². The number of carbonyl (C=O) groups excluding carboxylic acids is 1. The normalized spacial score (nSPS) is 18.6. The van der Waals surface area contributed by atoms with E-state index in [1.165, 1.54) is 6.07 Å². The molecule has 0 radical (unpaired) electrons. The molecule has 1 aliphatic carbocycles. The number of anilines is 1. The summed E-state index contributed by atoms with van der Waals surface area (Å²) in [7, 11) is 0. The average Bonchev–Trinajstić information content (AvgIpc) is 2.80. The van der Waals surface area contributed by atoms with E-state index in [1.54, 1.807) is 30.5 Å². The first-order valence-electron chi connectivity index (χ1n) is 10.9. The number of hydrogen-bond acceptors (Lipinski definition) is 3. The summed E-state index contributed by atoms with van der Waals surface area (Å²) >= 11 is 6.09. The first-order valence-corrected chi connectivity index (χ1v) is 11.3. The predicted octanol–water partition coefficient (Wildman–Crippen LogP) is 6.33. The van der Waals surface area contributed by atoms with Gasteiger partial charge in [0.1, 0.15) is 5.82 Å². The lowest BCUT2D eigenvalue weighted by atomic mass is 9.90. The molecular weight excluding hydrogens is 425 g/mol. The number of fused-ring (bicyclic) bond motifs is 2. The van der Waals surface area contributed by atoms with Crippen LogP contribution in [0.25, 0.3) is 21.7 Å². The van der Waals surface area contributed by atoms with Gasteiger partial charge < -0.3 is 10.6 Å². The molecule has 0 atom stereocenters. The molecule has 1 amide bonds. The predicted molar refractivity (Wildman–Crippen MR) is 128 cm³/mol. The minimum atomic E-state index is -0.311. The number of halogens is 2. The molecule has 4 aromatic rings. The monoisotopic (exact) mass is 447 g/mol. The third kappa shape index (κ3) is 4.13. The van der Waals surface area contributed by atoms with Crippen molar-refractivity contribution in [1.82, 2.24) is 10.3 Å². The Morgan fingerprint density at radius 1 is 0.906 bits per heavy atom. The number of nitrogens with zero attached hydrogens (tertiary/aromatic N) is 1. The standard InChI is InChI=1S/C26H23ClFN3O/c27-16-5-10-22-24(13-14-29-25(22)15-16)30-17-6-8-18(9-7-17)31-26(32)21-11-12-23(28)20-4-2-1-3-19(20)21/h1-5,10-15,17-18H,6-9H2,(H,29,30)(H,31,32)/t17-,18+. The van der Waals surface area contributed by atoms with Crippen LogP contribution in [0.3, 0.4) is 0 Å². The Labute approximate surface area is 190 Å². The molecule has 0 bridgehead atoms. The summed E-state index contributed by atoms with van der Waals surface area (Å²) < 4.78 is 14.1. The molecule has 6 heteroatoms. The number of rotatable bonds is 4. The third-order valence-electron chi connectivity index (χ3n) is 6.24. The van der Waals surface area contributed by atoms with Gasteiger partial charge in [-0.3, -0.25) is 9.78 Å². The van der Waals surface area contributed by atoms with Crippen molar-refractivity contribution in [2.75, 3.05) is 5.32 Å². The summed E-state index contributed by atoms with van der Waals surface area (Å²) in [5.41, 5.74) is 2.44. The second-order valence-corrected chi connectivity index (χ2v) is 8.76. The smallest absolute Gasteiger partial charge is 0.252 e. The van der Waals surface area contributed by atoms with Crippen LogP contribution in [0.2, 0.25) is 5.02 Å². The first-order chi connectivity index (χ1) is 15.6. The van der Waals surface area contributed by atoms with Gasteiger partial charge in [-0.2, -0.15) is 0 Å². The highest BCUT2D eigenvalue weighted by molar-refractivity contribution is 6.31. The Hall–Kier alpha value is -3.18. The van der Waals surface area contributed by atoms with Gasteiger partial charge in [0.15, 0.2) is 0 Å². The second kappa shape index (κ2) is 8.75. The van der Waals surface area contributed by atoms with Crippen molar-refractivity contribution in [3.63, 3.8) is 0 Å². The average molecular weight is 448 g/mol. The summed E-state index contributed by atoms with van der Waals surface area (Å²) in [5, 5.41) is 9.63. The maximum absolute atomic E-state index is 14.1. The van der Waals surface area contributed by atoms with Crippen LogP contribution in [0.15, 0.2) is 66.9 Å². The molecule has 3 aromatic carbocycles. The molecule has 1 aromatic heterocycles. The van der Waals surface area contributed by atoms with Crippen molar-refractivity contribution < 1.29 is 9.18 Å². The molecule has 32 heavy (non-hydrogen) atoms. The highest BCUT2D eigenvalue weighted by atomic mass is 35.5. The van der Waals surface area contributed by atoms with Crippen LogP contribution < -0.4 is 10.6 Å². The van der Waals surface area contributed by atoms with Crippen LogP contribution in [0.1, 0.15) is 36.0 Å². The van der Waals surface area contributed by atoms with Gasteiger partial charge in [0.25, 0.3) is 5.91 Å². The Balaban J connectivity index is 1.23. The van der Waals surface area contributed by atoms with Gasteiger partial charge in [-0.25, -0.2) is 4.39 Å². The van der Waals surface area contributed by atoms with Crippen molar-refractivity contribution >= 4 is 44.9 Å². The third-order valence-corrected chi connectivity index (χ3v) is 6.48. The molecule has 1 aliphatic rings. The quantitative estimate of drug-likeness (QED) is 0.384. The number of benzene rings is 3. The van der Waals surface area contributed by atoms with E-state index >= 15 is 0 Å². The van der Waals surface area contributed by atoms with Gasteiger partial charge in [0.05, 0.1) is 5.52 Å². The Morgan fingerprint density at radius 3 is 2.47 bits per heavy atom. The second-order valence-electron chi connectivity index (χ2n) is 8.33. The lowest BCUT2D eigenvalue weighted by Crippen LogP contribution is -2.40. The fraction of sp³-hybridized carbons (Fsp3) is 0.231. The minimum Gasteiger partial charge on any atom is -0.382 e. The van der Waals surface area contributed by atoms with Gasteiger partial charge in [0, 0.05) is 45.3 Å². The van der Waals surface area contributed by atoms with Crippen LogP contribution in [0.5, 0.6) is 0 Å². The largest absolute Gasteiger partial charge is 0.382 e. The molecular formula is C26H23ClFN3O. The maximum atomic E-state index is 14.1. The number of pyridine rings is 1. The van der Waals surface area contributed by atoms with Crippen molar-refractivity contribution in [3.8, 4) is 0 Å². The van der Waals surface area contributed by atoms with Crippen molar-refractivity contribution in [3.05, 3.63) is 83.3 Å². The maximum Gasteiger partial charge on any atom is 0.252 e. The molecule has 1 fully saturated rings. The molecule has 0 saturated heterocycles. The van der Waals surface area contributed by atoms with Gasteiger partial charge in [-0.15, -0.1) is 0 Å². The highest BCUT2D eigenvalue weighted by Gasteiger charge is 2.24. The molecule has 5 rings (SSSR count). The molecule has 0 unspecified atom stereocenters. The number of carbonyl (C=O) groups is 1. The van der Waals surface area contributed by atoms with Gasteiger partial charge >= 0.3 is 0 Å². The van der Waals surface area contributed by atoms with Gasteiger partial charge in [-0.1, -0.05) is 35.9 Å². The highest BCUT2D eigenvalue weighted by Crippen LogP contribution is 2.29. The zero-order chi connectivity index (χ0) is 22.1. The van der Waals surface area contributed by atoms with Crippen LogP contribution in [0.4, 0.5) is 10.1 Å². The zero-order valence-electron chi connectivity index (χ0n) is 17.4. The number of hydrogen-bond donors (Lipinski definition) is 2. The molecule has 4 nitrogen and oxygen atoms in total. The van der Waals surface area contributed by atoms with Crippen LogP contribution in [0, 0.1) is 5.82 Å². The van der Waals surface area contributed by atoms with Crippen LogP contribution >= 0.6 is 11.6 Å². The summed E-state index contributed by atoms with van der Waals surface area (Å²) in [6.07, 6.45) is 5.47. The molecule has 0 aliphatic heterocycles. The van der Waals surface area contributed by atoms with E-state index in [-0.39, 0.29) is 17.8 Å². The summed E-state index contributed by atoms with van der Waals surface area (Å²) in [6, 6.07) is 18.2. The summed E-state index contributed by atoms with van der Waals surface area (Å²) in [5.74, 6) is -0.454. The van der Waals surface area contributed by atoms with E-state index in [4.69, 9.17) is 11.6 Å². The molecule has 2 N–H and O–H groups in total. The van der Waals surface area contributed by atoms with E-state index in [0.29, 0.717) is 27.4 Å². The van der Waals surface area contributed by atoms with E-state index in [0.717, 1.165) is 42.3 Å². The fourth-order valence-electron chi connectivity index (χ4n) is 4.57. The molecule has 0 spiro atoms. The lowest BCUT2D eigenvalue weighted by molar-refractivity contribution is 0.0928. The topological polar surface area (TPSA) is 54.0 Å². The van der Waals surface area contributed by atoms with E-state index in [9.17, 15) is 9.18 Å². The van der Waals surface area contributed by atoms with Gasteiger partial charge in [-0.05, 0) is 67.5 Å². The lowest BCUT2D eigenvalue weighted by Gasteiger charge is -2.30. The van der Waals surface area contributed by atoms with E-state index in [1.807, 2.05) is 30.3 Å². The summed E-state index contributed by atoms with van der Waals surface area (Å²) in [6.45, 7) is 0. The van der Waals surface area contributed by atoms with Crippen molar-refractivity contribution in [1.29, 1.82) is 0 Å². The Morgan fingerprint density at radius 2 is 1.66 bits per heavy atom. The summed E-state index contributed by atoms with van der Waals surface area (Å²) in [4.78, 5) is 17.3. The fourth-order valence-corrected chi connectivity index (χ4v) is 4.74. The van der Waals surface area contributed by atoms with E-state index < -0.39 is 0 Å². The van der Waals surface area contributed by atoms with E-state index in [2.05, 4.69) is 15.6 Å². The zero-order valence-corrected chi connectivity index (χ0v) is 18.2. The van der Waals surface area contributed by atoms with Crippen molar-refractivity contribution in [2.45, 2.75) is 37.8 Å². The first kappa shape index (κ1) is 20.7. The Bertz CT molecular complexity index is 1300. The number of aromatic nitrogens is 1. The van der Waals surface area contributed by atoms with Crippen LogP contribution in [-0.2, 0) is 0 Å². The minimum absolute atomic E-state index is 0.109. The molecule has 1 heterocycles. The molecule has 162 valence electrons. The number of amides is 1. The Kier molecular flexibility index (Phi) is 5.66. The van der Waals surface area contributed by atoms with Crippen molar-refractivity contribution in [2.24, 2.45) is 0 Å². The number of nitrogens with one attached hydrogen (secondary N) is 2. The SMILES string of the molecule is O=C(N[C@H]1CC[C@@H](Nc2ccnc3cc(Cl)ccc23)CC1)c1ccc(F)c2ccccc12. The molecule has 1 saturated carbocycles. The van der Waals surface area contributed by atoms with Crippen LogP contribution in [-0.4, -0.2) is 23.0 Å².